The predicted molar refractivity (Wildman–Crippen MR) is 82.4 cm³/mol. The summed E-state index contributed by atoms with van der Waals surface area (Å²) in [6, 6.07) is 22.8. The number of rotatable bonds is 4. The predicted octanol–water partition coefficient (Wildman–Crippen LogP) is 3.45. The number of benzene rings is 2. The van der Waals surface area contributed by atoms with Crippen molar-refractivity contribution in [1.82, 2.24) is 4.90 Å². The van der Waals surface area contributed by atoms with E-state index in [-0.39, 0.29) is 11.5 Å². The van der Waals surface area contributed by atoms with Crippen molar-refractivity contribution >= 4 is 0 Å². The van der Waals surface area contributed by atoms with Crippen molar-refractivity contribution < 1.29 is 0 Å². The van der Waals surface area contributed by atoms with Gasteiger partial charge in [-0.25, -0.2) is 0 Å². The maximum Gasteiger partial charge on any atom is 0.111 e. The van der Waals surface area contributed by atoms with Gasteiger partial charge in [-0.2, -0.15) is 5.26 Å². The first-order chi connectivity index (χ1) is 9.60. The van der Waals surface area contributed by atoms with Crippen molar-refractivity contribution in [2.45, 2.75) is 18.4 Å². The lowest BCUT2D eigenvalue weighted by molar-refractivity contribution is 0.266. The molecule has 0 bridgehead atoms. The monoisotopic (exact) mass is 264 g/mol. The summed E-state index contributed by atoms with van der Waals surface area (Å²) in [4.78, 5) is 1.99. The summed E-state index contributed by atoms with van der Waals surface area (Å²) in [6.07, 6.45) is 0. The number of hydrogen-bond acceptors (Lipinski definition) is 2. The third-order valence-corrected chi connectivity index (χ3v) is 3.93. The van der Waals surface area contributed by atoms with E-state index in [9.17, 15) is 5.26 Å². The normalized spacial score (nSPS) is 12.9. The van der Waals surface area contributed by atoms with E-state index >= 15 is 0 Å². The standard InChI is InChI=1S/C18H20N2/c1-18(17(14-19)20(2)3,15-10-6-4-7-11-15)16-12-8-5-9-13-16/h4-13,17H,1-3H3. The van der Waals surface area contributed by atoms with Crippen LogP contribution in [0.1, 0.15) is 18.1 Å². The van der Waals surface area contributed by atoms with E-state index in [0.717, 1.165) is 11.1 Å². The van der Waals surface area contributed by atoms with Crippen LogP contribution in [0, 0.1) is 11.3 Å². The molecular weight excluding hydrogens is 244 g/mol. The highest BCUT2D eigenvalue weighted by molar-refractivity contribution is 5.42. The molecule has 0 fully saturated rings. The third kappa shape index (κ3) is 2.45. The van der Waals surface area contributed by atoms with Crippen LogP contribution in [0.5, 0.6) is 0 Å². The molecule has 20 heavy (non-hydrogen) atoms. The molecule has 1 atom stereocenters. The zero-order chi connectivity index (χ0) is 14.6. The topological polar surface area (TPSA) is 27.0 Å². The SMILES string of the molecule is CN(C)C(C#N)C(C)(c1ccccc1)c1ccccc1. The number of likely N-dealkylation sites (N-methyl/N-ethyl adjacent to an activating group) is 1. The Labute approximate surface area is 121 Å². The molecule has 0 saturated heterocycles. The van der Waals surface area contributed by atoms with Gasteiger partial charge >= 0.3 is 0 Å². The summed E-state index contributed by atoms with van der Waals surface area (Å²) < 4.78 is 0. The molecule has 0 saturated carbocycles. The summed E-state index contributed by atoms with van der Waals surface area (Å²) in [5.74, 6) is 0. The fourth-order valence-corrected chi connectivity index (χ4v) is 2.81. The van der Waals surface area contributed by atoms with Crippen molar-refractivity contribution in [3.8, 4) is 6.07 Å². The van der Waals surface area contributed by atoms with E-state index in [1.807, 2.05) is 55.4 Å². The molecule has 0 amide bonds. The number of nitriles is 1. The molecule has 2 aromatic rings. The van der Waals surface area contributed by atoms with Crippen LogP contribution in [0.4, 0.5) is 0 Å². The van der Waals surface area contributed by atoms with Gasteiger partial charge < -0.3 is 0 Å². The van der Waals surface area contributed by atoms with Crippen molar-refractivity contribution in [3.05, 3.63) is 71.8 Å². The van der Waals surface area contributed by atoms with Crippen LogP contribution >= 0.6 is 0 Å². The Morgan fingerprint density at radius 2 is 1.30 bits per heavy atom. The van der Waals surface area contributed by atoms with Crippen LogP contribution < -0.4 is 0 Å². The van der Waals surface area contributed by atoms with E-state index in [1.54, 1.807) is 0 Å². The van der Waals surface area contributed by atoms with E-state index < -0.39 is 0 Å². The lowest BCUT2D eigenvalue weighted by atomic mass is 9.70. The average molecular weight is 264 g/mol. The van der Waals surface area contributed by atoms with Gasteiger partial charge in [0, 0.05) is 5.41 Å². The number of hydrogen-bond donors (Lipinski definition) is 0. The highest BCUT2D eigenvalue weighted by Gasteiger charge is 2.39. The highest BCUT2D eigenvalue weighted by Crippen LogP contribution is 2.36. The highest BCUT2D eigenvalue weighted by atomic mass is 15.1. The zero-order valence-electron chi connectivity index (χ0n) is 12.2. The van der Waals surface area contributed by atoms with Gasteiger partial charge in [-0.15, -0.1) is 0 Å². The second-order valence-corrected chi connectivity index (χ2v) is 5.43. The molecule has 0 radical (unpaired) electrons. The molecule has 2 nitrogen and oxygen atoms in total. The Hall–Kier alpha value is -2.11. The molecular formula is C18H20N2. The van der Waals surface area contributed by atoms with Crippen LogP contribution in [-0.2, 0) is 5.41 Å². The molecule has 0 aliphatic heterocycles. The fraction of sp³-hybridized carbons (Fsp3) is 0.278. The van der Waals surface area contributed by atoms with Gasteiger partial charge in [-0.3, -0.25) is 4.90 Å². The second-order valence-electron chi connectivity index (χ2n) is 5.43. The van der Waals surface area contributed by atoms with Crippen LogP contribution in [-0.4, -0.2) is 25.0 Å². The molecule has 2 aromatic carbocycles. The summed E-state index contributed by atoms with van der Waals surface area (Å²) in [6.45, 7) is 2.14. The number of nitrogens with zero attached hydrogens (tertiary/aromatic N) is 2. The second kappa shape index (κ2) is 5.90. The van der Waals surface area contributed by atoms with Gasteiger partial charge in [0.15, 0.2) is 0 Å². The van der Waals surface area contributed by atoms with Gasteiger partial charge in [0.2, 0.25) is 0 Å². The Bertz CT molecular complexity index is 542. The zero-order valence-corrected chi connectivity index (χ0v) is 12.2. The Kier molecular flexibility index (Phi) is 4.22. The van der Waals surface area contributed by atoms with Gasteiger partial charge in [0.1, 0.15) is 6.04 Å². The average Bonchev–Trinajstić information content (AvgIpc) is 2.49. The van der Waals surface area contributed by atoms with Crippen molar-refractivity contribution in [3.63, 3.8) is 0 Å². The minimum atomic E-state index is -0.360. The molecule has 102 valence electrons. The minimum Gasteiger partial charge on any atom is -0.293 e. The molecule has 0 aromatic heterocycles. The summed E-state index contributed by atoms with van der Waals surface area (Å²) in [7, 11) is 3.91. The van der Waals surface area contributed by atoms with Crippen molar-refractivity contribution in [2.24, 2.45) is 0 Å². The molecule has 0 heterocycles. The van der Waals surface area contributed by atoms with Gasteiger partial charge in [0.25, 0.3) is 0 Å². The first-order valence-electron chi connectivity index (χ1n) is 6.77. The Morgan fingerprint density at radius 3 is 1.60 bits per heavy atom. The molecule has 0 aliphatic rings. The minimum absolute atomic E-state index is 0.229. The lowest BCUT2D eigenvalue weighted by Crippen LogP contribution is -2.45. The quantitative estimate of drug-likeness (QED) is 0.845. The first-order valence-corrected chi connectivity index (χ1v) is 6.77. The first kappa shape index (κ1) is 14.3. The van der Waals surface area contributed by atoms with E-state index in [0.29, 0.717) is 0 Å². The van der Waals surface area contributed by atoms with Gasteiger partial charge in [-0.1, -0.05) is 60.7 Å². The third-order valence-electron chi connectivity index (χ3n) is 3.93. The molecule has 0 N–H and O–H groups in total. The fourth-order valence-electron chi connectivity index (χ4n) is 2.81. The largest absolute Gasteiger partial charge is 0.293 e. The molecule has 0 spiro atoms. The smallest absolute Gasteiger partial charge is 0.111 e. The van der Waals surface area contributed by atoms with Crippen LogP contribution in [0.3, 0.4) is 0 Å². The summed E-state index contributed by atoms with van der Waals surface area (Å²) in [5, 5.41) is 9.66. The lowest BCUT2D eigenvalue weighted by Gasteiger charge is -2.38. The van der Waals surface area contributed by atoms with Crippen LogP contribution in [0.2, 0.25) is 0 Å². The van der Waals surface area contributed by atoms with E-state index in [4.69, 9.17) is 0 Å². The molecule has 2 rings (SSSR count). The van der Waals surface area contributed by atoms with Crippen LogP contribution in [0.15, 0.2) is 60.7 Å². The maximum atomic E-state index is 9.66. The van der Waals surface area contributed by atoms with E-state index in [2.05, 4.69) is 37.3 Å². The maximum absolute atomic E-state index is 9.66. The van der Waals surface area contributed by atoms with E-state index in [1.165, 1.54) is 0 Å². The Morgan fingerprint density at radius 1 is 0.900 bits per heavy atom. The molecule has 1 unspecified atom stereocenters. The van der Waals surface area contributed by atoms with Gasteiger partial charge in [0.05, 0.1) is 6.07 Å². The van der Waals surface area contributed by atoms with Gasteiger partial charge in [-0.05, 0) is 32.1 Å². The Balaban J connectivity index is 2.64. The van der Waals surface area contributed by atoms with Crippen LogP contribution in [0.25, 0.3) is 0 Å². The van der Waals surface area contributed by atoms with Crippen molar-refractivity contribution in [1.29, 1.82) is 5.26 Å². The van der Waals surface area contributed by atoms with Crippen molar-refractivity contribution in [2.75, 3.05) is 14.1 Å². The molecule has 0 aliphatic carbocycles. The summed E-state index contributed by atoms with van der Waals surface area (Å²) in [5.41, 5.74) is 1.96. The summed E-state index contributed by atoms with van der Waals surface area (Å²) >= 11 is 0. The molecule has 2 heteroatoms.